The molecule has 1 saturated carbocycles. The number of hydrogen-bond acceptors (Lipinski definition) is 5. The average Bonchev–Trinajstić information content (AvgIpc) is 3.16. The molecule has 5 nitrogen and oxygen atoms in total. The molecule has 0 aromatic rings. The topological polar surface area (TPSA) is 54.0 Å². The Morgan fingerprint density at radius 2 is 1.70 bits per heavy atom. The van der Waals surface area contributed by atoms with E-state index in [4.69, 9.17) is 18.9 Å². The summed E-state index contributed by atoms with van der Waals surface area (Å²) in [4.78, 5) is 11.4. The maximum absolute atomic E-state index is 11.4. The fourth-order valence-electron chi connectivity index (χ4n) is 5.04. The summed E-state index contributed by atoms with van der Waals surface area (Å²) in [5.41, 5.74) is 0. The summed E-state index contributed by atoms with van der Waals surface area (Å²) in [6, 6.07) is 0. The van der Waals surface area contributed by atoms with Gasteiger partial charge in [0.05, 0.1) is 12.7 Å². The van der Waals surface area contributed by atoms with Gasteiger partial charge in [-0.2, -0.15) is 0 Å². The summed E-state index contributed by atoms with van der Waals surface area (Å²) in [5.74, 6) is 1.41. The minimum atomic E-state index is -0.162. The highest BCUT2D eigenvalue weighted by Gasteiger charge is 2.42. The number of rotatable bonds is 12. The lowest BCUT2D eigenvalue weighted by Gasteiger charge is -2.33. The number of allylic oxidation sites excluding steroid dienone is 1. The molecular weight excluding hydrogens is 380 g/mol. The first kappa shape index (κ1) is 23.7. The minimum Gasteiger partial charge on any atom is -0.469 e. The lowest BCUT2D eigenvalue weighted by molar-refractivity contribution is -0.200. The van der Waals surface area contributed by atoms with Crippen molar-refractivity contribution in [3.63, 3.8) is 0 Å². The maximum Gasteiger partial charge on any atom is 0.199 e. The van der Waals surface area contributed by atoms with Crippen LogP contribution >= 0.6 is 0 Å². The van der Waals surface area contributed by atoms with E-state index in [9.17, 15) is 4.79 Å². The lowest BCUT2D eigenvalue weighted by Crippen LogP contribution is -2.34. The van der Waals surface area contributed by atoms with Crippen molar-refractivity contribution < 1.29 is 23.7 Å². The van der Waals surface area contributed by atoms with Gasteiger partial charge in [-0.1, -0.05) is 26.2 Å². The van der Waals surface area contributed by atoms with Crippen molar-refractivity contribution in [3.05, 3.63) is 11.8 Å². The predicted molar refractivity (Wildman–Crippen MR) is 117 cm³/mol. The van der Waals surface area contributed by atoms with Crippen LogP contribution in [0.1, 0.15) is 96.8 Å². The van der Waals surface area contributed by atoms with E-state index in [1.165, 1.54) is 25.7 Å². The third-order valence-corrected chi connectivity index (χ3v) is 6.73. The molecule has 5 heteroatoms. The number of unbranched alkanes of at least 4 members (excludes halogenated alkanes) is 4. The van der Waals surface area contributed by atoms with E-state index in [-0.39, 0.29) is 30.5 Å². The zero-order valence-electron chi connectivity index (χ0n) is 18.9. The van der Waals surface area contributed by atoms with Crippen LogP contribution in [0.2, 0.25) is 0 Å². The molecule has 0 bridgehead atoms. The number of carbonyl (C=O) groups excluding carboxylic acids is 1. The molecule has 0 radical (unpaired) electrons. The van der Waals surface area contributed by atoms with Crippen LogP contribution < -0.4 is 0 Å². The van der Waals surface area contributed by atoms with E-state index >= 15 is 0 Å². The molecule has 172 valence electrons. The smallest absolute Gasteiger partial charge is 0.199 e. The molecule has 3 fully saturated rings. The largest absolute Gasteiger partial charge is 0.469 e. The van der Waals surface area contributed by atoms with Gasteiger partial charge in [0.2, 0.25) is 0 Å². The van der Waals surface area contributed by atoms with Crippen molar-refractivity contribution in [1.82, 2.24) is 0 Å². The Morgan fingerprint density at radius 3 is 2.37 bits per heavy atom. The highest BCUT2D eigenvalue weighted by molar-refractivity contribution is 5.50. The van der Waals surface area contributed by atoms with Gasteiger partial charge >= 0.3 is 0 Å². The van der Waals surface area contributed by atoms with E-state index in [0.29, 0.717) is 6.42 Å². The quantitative estimate of drug-likeness (QED) is 0.222. The molecule has 5 atom stereocenters. The number of hydrogen-bond donors (Lipinski definition) is 0. The predicted octanol–water partition coefficient (Wildman–Crippen LogP) is 5.91. The molecule has 2 unspecified atom stereocenters. The lowest BCUT2D eigenvalue weighted by atomic mass is 9.89. The third-order valence-electron chi connectivity index (χ3n) is 6.73. The molecule has 1 aliphatic carbocycles. The van der Waals surface area contributed by atoms with Crippen molar-refractivity contribution >= 4 is 6.29 Å². The number of aldehydes is 1. The van der Waals surface area contributed by atoms with Gasteiger partial charge in [0.1, 0.15) is 12.0 Å². The number of ether oxygens (including phenoxy) is 4. The van der Waals surface area contributed by atoms with E-state index in [1.807, 2.05) is 0 Å². The van der Waals surface area contributed by atoms with Crippen LogP contribution in [0.25, 0.3) is 0 Å². The standard InChI is InChI=1S/C25H42O5/c1-2-3-4-5-6-11-21(29-23-12-7-9-18-27-23)25-20(16-17-26)14-15-22(25)30-24-13-8-10-19-28-24/h11,17,20,22-25H,2-10,12-16,18-19H2,1H3/t20-,22-,23?,24?,25+/m0/s1. The highest BCUT2D eigenvalue weighted by Crippen LogP contribution is 2.43. The van der Waals surface area contributed by atoms with Crippen LogP contribution in [-0.4, -0.2) is 38.2 Å². The summed E-state index contributed by atoms with van der Waals surface area (Å²) < 4.78 is 24.7. The molecule has 2 saturated heterocycles. The minimum absolute atomic E-state index is 0.0588. The second-order valence-electron chi connectivity index (χ2n) is 9.11. The Labute approximate surface area is 182 Å². The molecule has 0 aromatic heterocycles. The molecular formula is C25H42O5. The SMILES string of the molecule is CCCCCCC=C(OC1CCCCO1)[C@H]1[C@H](CC=O)CC[C@@H]1OC1CCCCO1. The Morgan fingerprint density at radius 1 is 0.933 bits per heavy atom. The van der Waals surface area contributed by atoms with E-state index < -0.39 is 0 Å². The summed E-state index contributed by atoms with van der Waals surface area (Å²) in [6.45, 7) is 3.79. The number of carbonyl (C=O) groups is 1. The fraction of sp³-hybridized carbons (Fsp3) is 0.880. The van der Waals surface area contributed by atoms with Gasteiger partial charge in [-0.3, -0.25) is 0 Å². The van der Waals surface area contributed by atoms with Crippen LogP contribution in [0.5, 0.6) is 0 Å². The molecule has 0 spiro atoms. The van der Waals surface area contributed by atoms with Crippen LogP contribution in [0.3, 0.4) is 0 Å². The van der Waals surface area contributed by atoms with Crippen molar-refractivity contribution in [2.45, 2.75) is 115 Å². The van der Waals surface area contributed by atoms with Gasteiger partial charge in [-0.15, -0.1) is 0 Å². The molecule has 3 rings (SSSR count). The van der Waals surface area contributed by atoms with Gasteiger partial charge in [-0.25, -0.2) is 0 Å². The molecule has 0 N–H and O–H groups in total. The van der Waals surface area contributed by atoms with Crippen LogP contribution in [0.15, 0.2) is 11.8 Å². The van der Waals surface area contributed by atoms with Crippen molar-refractivity contribution in [3.8, 4) is 0 Å². The zero-order chi connectivity index (χ0) is 21.0. The summed E-state index contributed by atoms with van der Waals surface area (Å²) in [5, 5.41) is 0. The van der Waals surface area contributed by atoms with Gasteiger partial charge in [-0.05, 0) is 69.8 Å². The van der Waals surface area contributed by atoms with Crippen molar-refractivity contribution in [2.24, 2.45) is 11.8 Å². The molecule has 2 aliphatic heterocycles. The van der Waals surface area contributed by atoms with Gasteiger partial charge in [0.15, 0.2) is 12.6 Å². The normalized spacial score (nSPS) is 32.8. The second-order valence-corrected chi connectivity index (χ2v) is 9.11. The summed E-state index contributed by atoms with van der Waals surface area (Å²) >= 11 is 0. The van der Waals surface area contributed by atoms with Gasteiger partial charge < -0.3 is 23.7 Å². The molecule has 0 aromatic carbocycles. The molecule has 0 amide bonds. The molecule has 3 aliphatic rings. The maximum atomic E-state index is 11.4. The van der Waals surface area contributed by atoms with Crippen LogP contribution in [0.4, 0.5) is 0 Å². The van der Waals surface area contributed by atoms with Crippen molar-refractivity contribution in [1.29, 1.82) is 0 Å². The molecule has 30 heavy (non-hydrogen) atoms. The van der Waals surface area contributed by atoms with E-state index in [1.54, 1.807) is 0 Å². The van der Waals surface area contributed by atoms with Crippen LogP contribution in [-0.2, 0) is 23.7 Å². The Bertz CT molecular complexity index is 508. The Kier molecular flexibility index (Phi) is 10.7. The first-order valence-corrected chi connectivity index (χ1v) is 12.5. The summed E-state index contributed by atoms with van der Waals surface area (Å²) in [6.07, 6.45) is 18.0. The highest BCUT2D eigenvalue weighted by atomic mass is 16.7. The van der Waals surface area contributed by atoms with E-state index in [0.717, 1.165) is 83.0 Å². The molecule has 2 heterocycles. The monoisotopic (exact) mass is 422 g/mol. The average molecular weight is 423 g/mol. The Hall–Kier alpha value is -0.910. The first-order valence-electron chi connectivity index (χ1n) is 12.5. The van der Waals surface area contributed by atoms with Gasteiger partial charge in [0, 0.05) is 25.4 Å². The third kappa shape index (κ3) is 7.35. The first-order chi connectivity index (χ1) is 14.8. The fourth-order valence-corrected chi connectivity index (χ4v) is 5.04. The van der Waals surface area contributed by atoms with Crippen LogP contribution in [0, 0.1) is 11.8 Å². The van der Waals surface area contributed by atoms with Crippen molar-refractivity contribution in [2.75, 3.05) is 13.2 Å². The zero-order valence-corrected chi connectivity index (χ0v) is 18.9. The Balaban J connectivity index is 1.71. The summed E-state index contributed by atoms with van der Waals surface area (Å²) in [7, 11) is 0. The van der Waals surface area contributed by atoms with Gasteiger partial charge in [0.25, 0.3) is 0 Å². The van der Waals surface area contributed by atoms with E-state index in [2.05, 4.69) is 13.0 Å². The second kappa shape index (κ2) is 13.5.